The van der Waals surface area contributed by atoms with Crippen LogP contribution >= 0.6 is 0 Å². The van der Waals surface area contributed by atoms with Gasteiger partial charge in [0.2, 0.25) is 0 Å². The molecule has 0 aliphatic heterocycles. The molecule has 3 aromatic carbocycles. The Morgan fingerprint density at radius 3 is 2.34 bits per heavy atom. The quantitative estimate of drug-likeness (QED) is 0.477. The summed E-state index contributed by atoms with van der Waals surface area (Å²) in [5.74, 6) is 5.66. The van der Waals surface area contributed by atoms with Gasteiger partial charge in [-0.2, -0.15) is 13.2 Å². The summed E-state index contributed by atoms with van der Waals surface area (Å²) < 4.78 is 49.5. The van der Waals surface area contributed by atoms with E-state index < -0.39 is 17.7 Å². The van der Waals surface area contributed by atoms with Crippen molar-refractivity contribution >= 4 is 5.97 Å². The molecule has 0 saturated carbocycles. The van der Waals surface area contributed by atoms with E-state index in [1.54, 1.807) is 31.2 Å². The SMILES string of the molecule is Cc1ccc(Oc2cccc(C(=O)O)c2C)c(OCC#Cc2ccc(C(F)(F)F)cc2)c1. The Morgan fingerprint density at radius 1 is 0.969 bits per heavy atom. The summed E-state index contributed by atoms with van der Waals surface area (Å²) in [6.45, 7) is 3.51. The van der Waals surface area contributed by atoms with E-state index in [0.717, 1.165) is 17.7 Å². The first-order chi connectivity index (χ1) is 15.1. The predicted molar refractivity (Wildman–Crippen MR) is 113 cm³/mol. The van der Waals surface area contributed by atoms with Crippen LogP contribution in [-0.4, -0.2) is 17.7 Å². The third kappa shape index (κ3) is 5.61. The average molecular weight is 440 g/mol. The maximum absolute atomic E-state index is 12.6. The molecule has 0 atom stereocenters. The lowest BCUT2D eigenvalue weighted by molar-refractivity contribution is -0.137. The molecule has 32 heavy (non-hydrogen) atoms. The van der Waals surface area contributed by atoms with Crippen LogP contribution in [0.4, 0.5) is 13.2 Å². The van der Waals surface area contributed by atoms with Crippen LogP contribution in [0.2, 0.25) is 0 Å². The topological polar surface area (TPSA) is 55.8 Å². The molecule has 0 spiro atoms. The van der Waals surface area contributed by atoms with Gasteiger partial charge in [0.1, 0.15) is 12.4 Å². The van der Waals surface area contributed by atoms with E-state index in [1.165, 1.54) is 18.2 Å². The number of benzene rings is 3. The summed E-state index contributed by atoms with van der Waals surface area (Å²) in [5, 5.41) is 9.29. The number of hydrogen-bond donors (Lipinski definition) is 1. The molecule has 0 aliphatic rings. The number of rotatable bonds is 5. The summed E-state index contributed by atoms with van der Waals surface area (Å²) in [5.41, 5.74) is 1.23. The van der Waals surface area contributed by atoms with Gasteiger partial charge >= 0.3 is 12.1 Å². The van der Waals surface area contributed by atoms with Gasteiger partial charge in [-0.3, -0.25) is 0 Å². The number of hydrogen-bond acceptors (Lipinski definition) is 3. The Hall–Kier alpha value is -3.92. The van der Waals surface area contributed by atoms with Gasteiger partial charge in [0.25, 0.3) is 0 Å². The normalized spacial score (nSPS) is 10.8. The van der Waals surface area contributed by atoms with Crippen LogP contribution in [0.1, 0.15) is 32.6 Å². The zero-order chi connectivity index (χ0) is 23.3. The lowest BCUT2D eigenvalue weighted by Gasteiger charge is -2.14. The number of carboxylic acids is 1. The molecule has 0 aliphatic carbocycles. The largest absolute Gasteiger partial charge is 0.478 e. The van der Waals surface area contributed by atoms with Gasteiger partial charge in [0.05, 0.1) is 11.1 Å². The number of halogens is 3. The third-order valence-corrected chi connectivity index (χ3v) is 4.58. The van der Waals surface area contributed by atoms with Gasteiger partial charge in [0, 0.05) is 11.1 Å². The second kappa shape index (κ2) is 9.48. The highest BCUT2D eigenvalue weighted by atomic mass is 19.4. The van der Waals surface area contributed by atoms with E-state index in [9.17, 15) is 23.1 Å². The van der Waals surface area contributed by atoms with Crippen molar-refractivity contribution in [2.75, 3.05) is 6.61 Å². The second-order valence-electron chi connectivity index (χ2n) is 6.95. The van der Waals surface area contributed by atoms with Gasteiger partial charge in [-0.1, -0.05) is 24.0 Å². The van der Waals surface area contributed by atoms with Crippen LogP contribution < -0.4 is 9.47 Å². The molecule has 0 amide bonds. The molecule has 0 fully saturated rings. The van der Waals surface area contributed by atoms with E-state index >= 15 is 0 Å². The van der Waals surface area contributed by atoms with Gasteiger partial charge in [-0.05, 0) is 67.9 Å². The number of aryl methyl sites for hydroxylation is 1. The van der Waals surface area contributed by atoms with Gasteiger partial charge in [-0.25, -0.2) is 4.79 Å². The monoisotopic (exact) mass is 440 g/mol. The van der Waals surface area contributed by atoms with E-state index in [-0.39, 0.29) is 12.2 Å². The number of ether oxygens (including phenoxy) is 2. The lowest BCUT2D eigenvalue weighted by atomic mass is 10.1. The Bertz CT molecular complexity index is 1190. The fourth-order valence-corrected chi connectivity index (χ4v) is 2.88. The first-order valence-corrected chi connectivity index (χ1v) is 9.55. The maximum atomic E-state index is 12.6. The minimum Gasteiger partial charge on any atom is -0.478 e. The van der Waals surface area contributed by atoms with E-state index in [2.05, 4.69) is 11.8 Å². The van der Waals surface area contributed by atoms with Crippen LogP contribution in [0.3, 0.4) is 0 Å². The maximum Gasteiger partial charge on any atom is 0.416 e. The molecule has 3 aromatic rings. The molecule has 0 aromatic heterocycles. The van der Waals surface area contributed by atoms with Crippen molar-refractivity contribution < 1.29 is 32.5 Å². The Kier molecular flexibility index (Phi) is 6.74. The highest BCUT2D eigenvalue weighted by Crippen LogP contribution is 2.34. The Morgan fingerprint density at radius 2 is 1.69 bits per heavy atom. The minimum absolute atomic E-state index is 0.0189. The third-order valence-electron chi connectivity index (χ3n) is 4.58. The van der Waals surface area contributed by atoms with Gasteiger partial charge < -0.3 is 14.6 Å². The number of carbonyl (C=O) groups is 1. The lowest BCUT2D eigenvalue weighted by Crippen LogP contribution is -2.04. The predicted octanol–water partition coefficient (Wildman–Crippen LogP) is 6.24. The molecule has 0 radical (unpaired) electrons. The second-order valence-corrected chi connectivity index (χ2v) is 6.95. The Labute approximate surface area is 183 Å². The van der Waals surface area contributed by atoms with Crippen molar-refractivity contribution in [1.29, 1.82) is 0 Å². The standard InChI is InChI=1S/C25H19F3O4/c1-16-8-13-22(32-21-7-3-6-20(17(21)2)24(29)30)23(15-16)31-14-4-5-18-9-11-19(12-10-18)25(26,27)28/h3,6-13,15H,14H2,1-2H3,(H,29,30). The molecule has 0 unspecified atom stereocenters. The van der Waals surface area contributed by atoms with Crippen LogP contribution in [0.5, 0.6) is 17.2 Å². The van der Waals surface area contributed by atoms with Crippen LogP contribution in [-0.2, 0) is 6.18 Å². The van der Waals surface area contributed by atoms with Crippen molar-refractivity contribution in [3.63, 3.8) is 0 Å². The first kappa shape index (κ1) is 22.8. The average Bonchev–Trinajstić information content (AvgIpc) is 2.73. The molecule has 4 nitrogen and oxygen atoms in total. The molecule has 7 heteroatoms. The van der Waals surface area contributed by atoms with Crippen molar-refractivity contribution in [3.05, 3.63) is 88.5 Å². The van der Waals surface area contributed by atoms with Crippen molar-refractivity contribution in [2.45, 2.75) is 20.0 Å². The van der Waals surface area contributed by atoms with Gasteiger partial charge in [0.15, 0.2) is 11.5 Å². The molecular weight excluding hydrogens is 421 g/mol. The first-order valence-electron chi connectivity index (χ1n) is 9.55. The minimum atomic E-state index is -4.39. The number of carboxylic acid groups (broad SMARTS) is 1. The summed E-state index contributed by atoms with van der Waals surface area (Å²) >= 11 is 0. The van der Waals surface area contributed by atoms with Crippen LogP contribution in [0, 0.1) is 25.7 Å². The molecule has 0 heterocycles. The summed E-state index contributed by atoms with van der Waals surface area (Å²) in [7, 11) is 0. The molecule has 164 valence electrons. The fourth-order valence-electron chi connectivity index (χ4n) is 2.88. The van der Waals surface area contributed by atoms with Crippen molar-refractivity contribution in [3.8, 4) is 29.1 Å². The highest BCUT2D eigenvalue weighted by molar-refractivity contribution is 5.90. The number of alkyl halides is 3. The van der Waals surface area contributed by atoms with E-state index in [4.69, 9.17) is 9.47 Å². The van der Waals surface area contributed by atoms with Crippen LogP contribution in [0.25, 0.3) is 0 Å². The molecule has 1 N–H and O–H groups in total. The van der Waals surface area contributed by atoms with Crippen molar-refractivity contribution in [1.82, 2.24) is 0 Å². The van der Waals surface area contributed by atoms with Crippen molar-refractivity contribution in [2.24, 2.45) is 0 Å². The summed E-state index contributed by atoms with van der Waals surface area (Å²) in [6, 6.07) is 14.6. The Balaban J connectivity index is 1.74. The highest BCUT2D eigenvalue weighted by Gasteiger charge is 2.29. The smallest absolute Gasteiger partial charge is 0.416 e. The number of aromatic carboxylic acids is 1. The zero-order valence-corrected chi connectivity index (χ0v) is 17.3. The van der Waals surface area contributed by atoms with Crippen LogP contribution in [0.15, 0.2) is 60.7 Å². The van der Waals surface area contributed by atoms with Gasteiger partial charge in [-0.15, -0.1) is 0 Å². The molecule has 0 saturated heterocycles. The summed E-state index contributed by atoms with van der Waals surface area (Å²) in [6.07, 6.45) is -4.39. The zero-order valence-electron chi connectivity index (χ0n) is 17.3. The molecule has 3 rings (SSSR count). The van der Waals surface area contributed by atoms with E-state index in [0.29, 0.717) is 28.4 Å². The molecular formula is C25H19F3O4. The van der Waals surface area contributed by atoms with E-state index in [1.807, 2.05) is 13.0 Å². The summed E-state index contributed by atoms with van der Waals surface area (Å²) in [4.78, 5) is 11.3. The molecule has 0 bridgehead atoms. The fraction of sp³-hybridized carbons (Fsp3) is 0.160.